The van der Waals surface area contributed by atoms with E-state index < -0.39 is 0 Å². The van der Waals surface area contributed by atoms with Gasteiger partial charge < -0.3 is 5.32 Å². The lowest BCUT2D eigenvalue weighted by molar-refractivity contribution is -0.119. The van der Waals surface area contributed by atoms with Gasteiger partial charge in [-0.05, 0) is 43.7 Å². The first-order valence-corrected chi connectivity index (χ1v) is 8.58. The van der Waals surface area contributed by atoms with Gasteiger partial charge in [-0.1, -0.05) is 41.4 Å². The predicted molar refractivity (Wildman–Crippen MR) is 107 cm³/mol. The van der Waals surface area contributed by atoms with Crippen molar-refractivity contribution >= 4 is 40.3 Å². The number of carbonyl (C=O) groups is 1. The van der Waals surface area contributed by atoms with Crippen molar-refractivity contribution in [1.82, 2.24) is 10.4 Å². The van der Waals surface area contributed by atoms with Crippen LogP contribution in [0.5, 0.6) is 0 Å². The molecule has 0 aliphatic carbocycles. The molecule has 132 valence electrons. The number of hydrazone groups is 1. The molecule has 2 N–H and O–H groups in total. The Balaban J connectivity index is 1.60. The summed E-state index contributed by atoms with van der Waals surface area (Å²) in [5.41, 5.74) is 7.13. The van der Waals surface area contributed by atoms with Crippen LogP contribution < -0.4 is 10.7 Å². The van der Waals surface area contributed by atoms with Crippen molar-refractivity contribution in [3.05, 3.63) is 70.4 Å². The maximum Gasteiger partial charge on any atom is 0.259 e. The fourth-order valence-corrected chi connectivity index (χ4v) is 2.62. The minimum atomic E-state index is -0.248. The molecule has 0 bridgehead atoms. The Kier molecular flexibility index (Phi) is 5.49. The second kappa shape index (κ2) is 7.97. The highest BCUT2D eigenvalue weighted by molar-refractivity contribution is 6.32. The van der Waals surface area contributed by atoms with Crippen molar-refractivity contribution in [2.45, 2.75) is 13.8 Å². The van der Waals surface area contributed by atoms with E-state index in [1.165, 1.54) is 11.8 Å². The zero-order valence-corrected chi connectivity index (χ0v) is 15.3. The van der Waals surface area contributed by atoms with Crippen LogP contribution in [-0.2, 0) is 4.79 Å². The number of rotatable bonds is 5. The molecule has 0 unspecified atom stereocenters. The molecule has 0 fully saturated rings. The molecule has 0 saturated heterocycles. The fraction of sp³-hybridized carbons (Fsp3) is 0.150. The Bertz CT molecular complexity index is 967. The quantitative estimate of drug-likeness (QED) is 0.406. The van der Waals surface area contributed by atoms with Gasteiger partial charge in [-0.2, -0.15) is 5.10 Å². The van der Waals surface area contributed by atoms with Gasteiger partial charge in [-0.3, -0.25) is 4.79 Å². The summed E-state index contributed by atoms with van der Waals surface area (Å²) in [7, 11) is 0. The van der Waals surface area contributed by atoms with Crippen molar-refractivity contribution in [2.24, 2.45) is 5.10 Å². The molecule has 1 aromatic heterocycles. The first-order chi connectivity index (χ1) is 12.5. The van der Waals surface area contributed by atoms with Crippen molar-refractivity contribution in [2.75, 3.05) is 11.9 Å². The van der Waals surface area contributed by atoms with E-state index in [1.807, 2.05) is 62.4 Å². The number of aryl methyl sites for hydroxylation is 2. The molecule has 26 heavy (non-hydrogen) atoms. The average molecular weight is 367 g/mol. The molecule has 0 radical (unpaired) electrons. The fourth-order valence-electron chi connectivity index (χ4n) is 2.43. The number of nitrogens with zero attached hydrogens (tertiary/aromatic N) is 2. The third-order valence-corrected chi connectivity index (χ3v) is 4.15. The molecular formula is C20H19ClN4O. The van der Waals surface area contributed by atoms with E-state index in [-0.39, 0.29) is 12.5 Å². The highest BCUT2D eigenvalue weighted by Gasteiger charge is 2.04. The summed E-state index contributed by atoms with van der Waals surface area (Å²) in [5, 5.41) is 8.31. The van der Waals surface area contributed by atoms with E-state index >= 15 is 0 Å². The molecule has 6 heteroatoms. The van der Waals surface area contributed by atoms with Crippen molar-refractivity contribution in [3.63, 3.8) is 0 Å². The summed E-state index contributed by atoms with van der Waals surface area (Å²) >= 11 is 6.20. The van der Waals surface area contributed by atoms with Crippen LogP contribution in [0.15, 0.2) is 53.6 Å². The standard InChI is InChI=1S/C20H19ClN4O/c1-13-4-7-17(8-5-13)22-12-19(26)25-23-11-16-10-15-6-3-14(2)9-18(15)24-20(16)21/h3-11,22H,12H2,1-2H3,(H,25,26)/b23-11+. The van der Waals surface area contributed by atoms with Gasteiger partial charge in [0.2, 0.25) is 0 Å². The molecule has 3 aromatic rings. The molecule has 0 aliphatic rings. The van der Waals surface area contributed by atoms with Crippen LogP contribution in [0.4, 0.5) is 5.69 Å². The number of hydrogen-bond donors (Lipinski definition) is 2. The third-order valence-electron chi connectivity index (χ3n) is 3.85. The number of halogens is 1. The minimum absolute atomic E-state index is 0.128. The number of aromatic nitrogens is 1. The van der Waals surface area contributed by atoms with Crippen molar-refractivity contribution < 1.29 is 4.79 Å². The van der Waals surface area contributed by atoms with Crippen LogP contribution in [0.1, 0.15) is 16.7 Å². The molecule has 1 amide bonds. The van der Waals surface area contributed by atoms with Crippen LogP contribution in [0, 0.1) is 13.8 Å². The molecule has 0 atom stereocenters. The van der Waals surface area contributed by atoms with Crippen molar-refractivity contribution in [3.8, 4) is 0 Å². The largest absolute Gasteiger partial charge is 0.376 e. The SMILES string of the molecule is Cc1ccc(NCC(=O)N/N=C/c2cc3ccc(C)cc3nc2Cl)cc1. The lowest BCUT2D eigenvalue weighted by Gasteiger charge is -2.06. The smallest absolute Gasteiger partial charge is 0.259 e. The topological polar surface area (TPSA) is 66.4 Å². The second-order valence-electron chi connectivity index (χ2n) is 6.08. The van der Waals surface area contributed by atoms with E-state index in [4.69, 9.17) is 11.6 Å². The number of pyridine rings is 1. The van der Waals surface area contributed by atoms with Gasteiger partial charge >= 0.3 is 0 Å². The van der Waals surface area contributed by atoms with Crippen LogP contribution in [0.25, 0.3) is 10.9 Å². The van der Waals surface area contributed by atoms with Gasteiger partial charge in [0, 0.05) is 16.6 Å². The van der Waals surface area contributed by atoms with Gasteiger partial charge in [0.1, 0.15) is 5.15 Å². The Hall–Kier alpha value is -2.92. The molecule has 0 spiro atoms. The number of fused-ring (bicyclic) bond motifs is 1. The number of amides is 1. The Morgan fingerprint density at radius 1 is 1.12 bits per heavy atom. The van der Waals surface area contributed by atoms with Gasteiger partial charge in [0.05, 0.1) is 18.3 Å². The third kappa shape index (κ3) is 4.58. The monoisotopic (exact) mass is 366 g/mol. The van der Waals surface area contributed by atoms with E-state index in [9.17, 15) is 4.79 Å². The maximum absolute atomic E-state index is 11.9. The molecule has 3 rings (SSSR count). The lowest BCUT2D eigenvalue weighted by atomic mass is 10.1. The number of carbonyl (C=O) groups excluding carboxylic acids is 1. The van der Waals surface area contributed by atoms with Crippen LogP contribution >= 0.6 is 11.6 Å². The van der Waals surface area contributed by atoms with Gasteiger partial charge in [-0.15, -0.1) is 0 Å². The summed E-state index contributed by atoms with van der Waals surface area (Å²) in [6.45, 7) is 4.15. The summed E-state index contributed by atoms with van der Waals surface area (Å²) in [6, 6.07) is 15.7. The average Bonchev–Trinajstić information content (AvgIpc) is 2.62. The Morgan fingerprint density at radius 3 is 2.62 bits per heavy atom. The zero-order chi connectivity index (χ0) is 18.5. The Morgan fingerprint density at radius 2 is 1.85 bits per heavy atom. The summed E-state index contributed by atoms with van der Waals surface area (Å²) in [5.74, 6) is -0.248. The van der Waals surface area contributed by atoms with E-state index in [1.54, 1.807) is 0 Å². The second-order valence-corrected chi connectivity index (χ2v) is 6.44. The zero-order valence-electron chi connectivity index (χ0n) is 14.6. The highest BCUT2D eigenvalue weighted by Crippen LogP contribution is 2.20. The summed E-state index contributed by atoms with van der Waals surface area (Å²) in [4.78, 5) is 16.2. The highest BCUT2D eigenvalue weighted by atomic mass is 35.5. The number of benzene rings is 2. The molecule has 0 aliphatic heterocycles. The van der Waals surface area contributed by atoms with Gasteiger partial charge in [-0.25, -0.2) is 10.4 Å². The van der Waals surface area contributed by atoms with Gasteiger partial charge in [0.25, 0.3) is 5.91 Å². The summed E-state index contributed by atoms with van der Waals surface area (Å²) in [6.07, 6.45) is 1.50. The van der Waals surface area contributed by atoms with E-state index in [0.29, 0.717) is 10.7 Å². The van der Waals surface area contributed by atoms with E-state index in [2.05, 4.69) is 20.8 Å². The minimum Gasteiger partial charge on any atom is -0.376 e. The molecule has 1 heterocycles. The molecular weight excluding hydrogens is 348 g/mol. The van der Waals surface area contributed by atoms with Crippen molar-refractivity contribution in [1.29, 1.82) is 0 Å². The molecule has 0 saturated carbocycles. The van der Waals surface area contributed by atoms with Crippen LogP contribution in [0.2, 0.25) is 5.15 Å². The van der Waals surface area contributed by atoms with Crippen LogP contribution in [-0.4, -0.2) is 23.7 Å². The predicted octanol–water partition coefficient (Wildman–Crippen LogP) is 4.07. The first-order valence-electron chi connectivity index (χ1n) is 8.20. The Labute approximate surface area is 157 Å². The molecule has 5 nitrogen and oxygen atoms in total. The number of hydrogen-bond acceptors (Lipinski definition) is 4. The maximum atomic E-state index is 11.9. The lowest BCUT2D eigenvalue weighted by Crippen LogP contribution is -2.25. The van der Waals surface area contributed by atoms with Gasteiger partial charge in [0.15, 0.2) is 0 Å². The molecule has 2 aromatic carbocycles. The van der Waals surface area contributed by atoms with Crippen LogP contribution in [0.3, 0.4) is 0 Å². The number of nitrogens with one attached hydrogen (secondary N) is 2. The number of anilines is 1. The van der Waals surface area contributed by atoms with E-state index in [0.717, 1.165) is 22.2 Å². The normalized spacial score (nSPS) is 11.0. The first kappa shape index (κ1) is 17.9. The summed E-state index contributed by atoms with van der Waals surface area (Å²) < 4.78 is 0.